The van der Waals surface area contributed by atoms with E-state index in [1.807, 2.05) is 11.3 Å². The van der Waals surface area contributed by atoms with Gasteiger partial charge in [-0.3, -0.25) is 4.90 Å². The summed E-state index contributed by atoms with van der Waals surface area (Å²) < 4.78 is 7.97. The van der Waals surface area contributed by atoms with Crippen LogP contribution in [0.15, 0.2) is 6.33 Å². The van der Waals surface area contributed by atoms with Gasteiger partial charge in [0.2, 0.25) is 0 Å². The third kappa shape index (κ3) is 2.68. The summed E-state index contributed by atoms with van der Waals surface area (Å²) in [5.74, 6) is 0.939. The molecular weight excluding hydrogens is 298 g/mol. The van der Waals surface area contributed by atoms with Crippen LogP contribution in [0.5, 0.6) is 0 Å². The van der Waals surface area contributed by atoms with Crippen molar-refractivity contribution in [3.63, 3.8) is 0 Å². The van der Waals surface area contributed by atoms with Crippen molar-refractivity contribution < 1.29 is 4.74 Å². The molecule has 1 saturated heterocycles. The molecule has 2 aromatic rings. The van der Waals surface area contributed by atoms with Crippen LogP contribution >= 0.6 is 11.3 Å². The van der Waals surface area contributed by atoms with E-state index in [4.69, 9.17) is 9.72 Å². The van der Waals surface area contributed by atoms with Crippen molar-refractivity contribution in [3.05, 3.63) is 27.7 Å². The summed E-state index contributed by atoms with van der Waals surface area (Å²) in [6, 6.07) is 0. The number of hydrogen-bond acceptors (Lipinski definition) is 6. The molecule has 4 rings (SSSR count). The van der Waals surface area contributed by atoms with E-state index < -0.39 is 0 Å². The first-order valence-electron chi connectivity index (χ1n) is 8.02. The zero-order valence-corrected chi connectivity index (χ0v) is 13.7. The Balaban J connectivity index is 1.44. The number of ether oxygens (including phenoxy) is 1. The number of rotatable bonds is 4. The molecule has 0 amide bonds. The molecule has 0 saturated carbocycles. The van der Waals surface area contributed by atoms with Crippen LogP contribution in [0.2, 0.25) is 0 Å². The average molecular weight is 319 g/mol. The minimum Gasteiger partial charge on any atom is -0.368 e. The van der Waals surface area contributed by atoms with Gasteiger partial charge >= 0.3 is 0 Å². The smallest absolute Gasteiger partial charge is 0.163 e. The van der Waals surface area contributed by atoms with Gasteiger partial charge < -0.3 is 9.30 Å². The van der Waals surface area contributed by atoms with Gasteiger partial charge in [-0.2, -0.15) is 0 Å². The van der Waals surface area contributed by atoms with Crippen molar-refractivity contribution in [2.45, 2.75) is 45.4 Å². The van der Waals surface area contributed by atoms with Crippen molar-refractivity contribution in [2.24, 2.45) is 0 Å². The molecule has 0 aromatic carbocycles. The highest BCUT2D eigenvalue weighted by atomic mass is 32.1. The van der Waals surface area contributed by atoms with Gasteiger partial charge in [0, 0.05) is 24.5 Å². The molecule has 118 valence electrons. The fourth-order valence-corrected chi connectivity index (χ4v) is 4.46. The van der Waals surface area contributed by atoms with E-state index in [-0.39, 0.29) is 6.10 Å². The van der Waals surface area contributed by atoms with E-state index in [9.17, 15) is 0 Å². The number of aromatic nitrogens is 4. The molecule has 0 spiro atoms. The summed E-state index contributed by atoms with van der Waals surface area (Å²) in [5.41, 5.74) is 1.34. The lowest BCUT2D eigenvalue weighted by atomic mass is 10.2. The van der Waals surface area contributed by atoms with Crippen LogP contribution in [0.1, 0.15) is 40.9 Å². The van der Waals surface area contributed by atoms with E-state index in [1.54, 1.807) is 6.33 Å². The molecule has 1 fully saturated rings. The second-order valence-corrected chi connectivity index (χ2v) is 7.07. The molecular formula is C15H21N5OS. The summed E-state index contributed by atoms with van der Waals surface area (Å²) in [4.78, 5) is 8.74. The normalized spacial score (nSPS) is 22.1. The van der Waals surface area contributed by atoms with Gasteiger partial charge in [-0.25, -0.2) is 4.98 Å². The minimum absolute atomic E-state index is 0.0167. The molecule has 1 aliphatic heterocycles. The van der Waals surface area contributed by atoms with Crippen molar-refractivity contribution in [1.82, 2.24) is 24.6 Å². The van der Waals surface area contributed by atoms with Gasteiger partial charge in [0.1, 0.15) is 17.4 Å². The van der Waals surface area contributed by atoms with Gasteiger partial charge in [-0.15, -0.1) is 21.5 Å². The van der Waals surface area contributed by atoms with Crippen LogP contribution in [0, 0.1) is 0 Å². The summed E-state index contributed by atoms with van der Waals surface area (Å²) in [7, 11) is 0. The third-order valence-corrected chi connectivity index (χ3v) is 5.57. The summed E-state index contributed by atoms with van der Waals surface area (Å²) in [6.07, 6.45) is 5.46. The zero-order valence-electron chi connectivity index (χ0n) is 12.9. The lowest BCUT2D eigenvalue weighted by Crippen LogP contribution is -2.38. The standard InChI is InChI=1S/C15H21N5OS/c1-2-20-10-16-18-15(20)12-8-19(6-7-21-12)9-14-17-11-4-3-5-13(11)22-14/h10,12H,2-9H2,1H3/t12-/m1/s1. The van der Waals surface area contributed by atoms with E-state index in [0.717, 1.165) is 45.0 Å². The molecule has 22 heavy (non-hydrogen) atoms. The highest BCUT2D eigenvalue weighted by Gasteiger charge is 2.27. The van der Waals surface area contributed by atoms with Crippen LogP contribution < -0.4 is 0 Å². The van der Waals surface area contributed by atoms with E-state index in [2.05, 4.69) is 26.6 Å². The lowest BCUT2D eigenvalue weighted by molar-refractivity contribution is -0.0388. The first-order valence-corrected chi connectivity index (χ1v) is 8.84. The van der Waals surface area contributed by atoms with E-state index >= 15 is 0 Å². The predicted molar refractivity (Wildman–Crippen MR) is 83.8 cm³/mol. The first-order chi connectivity index (χ1) is 10.8. The van der Waals surface area contributed by atoms with Crippen LogP contribution in [-0.2, 0) is 30.7 Å². The maximum Gasteiger partial charge on any atom is 0.163 e. The molecule has 1 aliphatic carbocycles. The van der Waals surface area contributed by atoms with Crippen molar-refractivity contribution in [2.75, 3.05) is 19.7 Å². The third-order valence-electron chi connectivity index (χ3n) is 4.42. The average Bonchev–Trinajstić information content (AvgIpc) is 3.22. The Labute approximate surface area is 134 Å². The molecule has 0 radical (unpaired) electrons. The summed E-state index contributed by atoms with van der Waals surface area (Å²) >= 11 is 1.90. The van der Waals surface area contributed by atoms with Gasteiger partial charge in [0.05, 0.1) is 18.8 Å². The topological polar surface area (TPSA) is 56.1 Å². The van der Waals surface area contributed by atoms with Crippen molar-refractivity contribution >= 4 is 11.3 Å². The zero-order chi connectivity index (χ0) is 14.9. The summed E-state index contributed by atoms with van der Waals surface area (Å²) in [6.45, 7) is 6.47. The van der Waals surface area contributed by atoms with Crippen LogP contribution in [0.4, 0.5) is 0 Å². The van der Waals surface area contributed by atoms with Gasteiger partial charge in [-0.1, -0.05) is 0 Å². The molecule has 1 atom stereocenters. The molecule has 6 nitrogen and oxygen atoms in total. The maximum atomic E-state index is 5.91. The summed E-state index contributed by atoms with van der Waals surface area (Å²) in [5, 5.41) is 9.51. The van der Waals surface area contributed by atoms with Crippen molar-refractivity contribution in [1.29, 1.82) is 0 Å². The molecule has 0 N–H and O–H groups in total. The Hall–Kier alpha value is -1.31. The van der Waals surface area contributed by atoms with E-state index in [0.29, 0.717) is 0 Å². The van der Waals surface area contributed by atoms with Crippen LogP contribution in [0.3, 0.4) is 0 Å². The fourth-order valence-electron chi connectivity index (χ4n) is 3.26. The molecule has 2 aliphatic rings. The van der Waals surface area contributed by atoms with Gasteiger partial charge in [0.15, 0.2) is 5.82 Å². The number of thiazole rings is 1. The molecule has 2 aromatic heterocycles. The number of hydrogen-bond donors (Lipinski definition) is 0. The highest BCUT2D eigenvalue weighted by molar-refractivity contribution is 7.11. The Bertz CT molecular complexity index is 631. The maximum absolute atomic E-state index is 5.91. The number of nitrogens with zero attached hydrogens (tertiary/aromatic N) is 5. The molecule has 0 unspecified atom stereocenters. The molecule has 7 heteroatoms. The second kappa shape index (κ2) is 6.06. The monoisotopic (exact) mass is 319 g/mol. The highest BCUT2D eigenvalue weighted by Crippen LogP contribution is 2.29. The number of aryl methyl sites for hydroxylation is 3. The van der Waals surface area contributed by atoms with Gasteiger partial charge in [-0.05, 0) is 26.2 Å². The quantitative estimate of drug-likeness (QED) is 0.860. The SMILES string of the molecule is CCn1cnnc1[C@H]1CN(Cc2nc3c(s2)CCC3)CCO1. The Morgan fingerprint density at radius 3 is 3.23 bits per heavy atom. The predicted octanol–water partition coefficient (Wildman–Crippen LogP) is 1.82. The van der Waals surface area contributed by atoms with E-state index in [1.165, 1.54) is 28.4 Å². The number of morpholine rings is 1. The van der Waals surface area contributed by atoms with Crippen molar-refractivity contribution in [3.8, 4) is 0 Å². The Morgan fingerprint density at radius 2 is 2.36 bits per heavy atom. The first kappa shape index (κ1) is 14.3. The Morgan fingerprint density at radius 1 is 1.41 bits per heavy atom. The molecule has 0 bridgehead atoms. The lowest BCUT2D eigenvalue weighted by Gasteiger charge is -2.31. The largest absolute Gasteiger partial charge is 0.368 e. The van der Waals surface area contributed by atoms with Gasteiger partial charge in [0.25, 0.3) is 0 Å². The van der Waals surface area contributed by atoms with Crippen LogP contribution in [0.25, 0.3) is 0 Å². The number of fused-ring (bicyclic) bond motifs is 1. The Kier molecular flexibility index (Phi) is 3.94. The fraction of sp³-hybridized carbons (Fsp3) is 0.667. The molecule has 3 heterocycles. The second-order valence-electron chi connectivity index (χ2n) is 5.90. The van der Waals surface area contributed by atoms with Crippen LogP contribution in [-0.4, -0.2) is 44.3 Å². The minimum atomic E-state index is 0.0167.